The number of hydrogen-bond donors (Lipinski definition) is 1. The normalized spacial score (nSPS) is 11.6. The van der Waals surface area contributed by atoms with E-state index in [1.807, 2.05) is 6.07 Å². The molecule has 0 unspecified atom stereocenters. The lowest BCUT2D eigenvalue weighted by atomic mass is 10.2. The van der Waals surface area contributed by atoms with Gasteiger partial charge in [-0.2, -0.15) is 0 Å². The first kappa shape index (κ1) is 17.5. The molecule has 0 radical (unpaired) electrons. The van der Waals surface area contributed by atoms with Crippen LogP contribution in [0.15, 0.2) is 65.7 Å². The zero-order chi connectivity index (χ0) is 19.0. The zero-order valence-electron chi connectivity index (χ0n) is 13.6. The Hall–Kier alpha value is -2.91. The molecule has 4 rings (SSSR count). The molecule has 0 saturated carbocycles. The molecule has 136 valence electrons. The highest BCUT2D eigenvalue weighted by atomic mass is 32.2. The highest BCUT2D eigenvalue weighted by Crippen LogP contribution is 2.30. The van der Waals surface area contributed by atoms with Crippen molar-refractivity contribution >= 4 is 37.4 Å². The van der Waals surface area contributed by atoms with Crippen molar-refractivity contribution in [2.75, 3.05) is 4.72 Å². The lowest BCUT2D eigenvalue weighted by Crippen LogP contribution is -2.14. The van der Waals surface area contributed by atoms with E-state index < -0.39 is 26.6 Å². The van der Waals surface area contributed by atoms with Crippen LogP contribution in [0.2, 0.25) is 0 Å². The molecule has 2 aromatic heterocycles. The lowest BCUT2D eigenvalue weighted by Gasteiger charge is -2.09. The van der Waals surface area contributed by atoms with E-state index in [4.69, 9.17) is 0 Å². The number of fused-ring (bicyclic) bond motifs is 1. The van der Waals surface area contributed by atoms with E-state index in [0.717, 1.165) is 33.1 Å². The first-order valence-electron chi connectivity index (χ1n) is 7.72. The molecule has 2 aromatic carbocycles. The third kappa shape index (κ3) is 3.51. The van der Waals surface area contributed by atoms with E-state index in [9.17, 15) is 17.2 Å². The number of anilines is 1. The minimum atomic E-state index is -4.17. The molecular formula is C18H11F2N3O2S2. The summed E-state index contributed by atoms with van der Waals surface area (Å²) < 4.78 is 53.7. The minimum absolute atomic E-state index is 0.252. The molecule has 0 atom stereocenters. The number of pyridine rings is 1. The van der Waals surface area contributed by atoms with Crippen LogP contribution < -0.4 is 4.72 Å². The average Bonchev–Trinajstić information content (AvgIpc) is 3.05. The van der Waals surface area contributed by atoms with Crippen LogP contribution in [0.5, 0.6) is 0 Å². The Bertz CT molecular complexity index is 1210. The quantitative estimate of drug-likeness (QED) is 0.547. The molecule has 0 aliphatic carbocycles. The summed E-state index contributed by atoms with van der Waals surface area (Å²) in [6.45, 7) is 0. The second-order valence-corrected chi connectivity index (χ2v) is 8.23. The molecule has 0 bridgehead atoms. The van der Waals surface area contributed by atoms with Crippen LogP contribution in [0.1, 0.15) is 0 Å². The third-order valence-corrected chi connectivity index (χ3v) is 6.18. The van der Waals surface area contributed by atoms with Crippen LogP contribution >= 0.6 is 11.3 Å². The fraction of sp³-hybridized carbons (Fsp3) is 0. The van der Waals surface area contributed by atoms with Crippen LogP contribution in [0, 0.1) is 11.6 Å². The van der Waals surface area contributed by atoms with Crippen molar-refractivity contribution in [3.05, 3.63) is 72.4 Å². The van der Waals surface area contributed by atoms with Gasteiger partial charge in [0.1, 0.15) is 31.9 Å². The van der Waals surface area contributed by atoms with E-state index in [0.29, 0.717) is 6.07 Å². The van der Waals surface area contributed by atoms with Gasteiger partial charge in [0.15, 0.2) is 0 Å². The Labute approximate surface area is 157 Å². The molecule has 0 aliphatic rings. The van der Waals surface area contributed by atoms with Gasteiger partial charge in [0.05, 0.1) is 0 Å². The molecule has 0 spiro atoms. The Morgan fingerprint density at radius 2 is 1.78 bits per heavy atom. The lowest BCUT2D eigenvalue weighted by molar-refractivity contribution is 0.551. The Morgan fingerprint density at radius 1 is 1.00 bits per heavy atom. The van der Waals surface area contributed by atoms with Gasteiger partial charge < -0.3 is 0 Å². The molecule has 4 aromatic rings. The summed E-state index contributed by atoms with van der Waals surface area (Å²) in [6, 6.07) is 12.5. The van der Waals surface area contributed by atoms with Crippen molar-refractivity contribution in [3.8, 4) is 10.6 Å². The fourth-order valence-corrected chi connectivity index (χ4v) is 4.51. The maximum absolute atomic E-state index is 13.8. The van der Waals surface area contributed by atoms with Crippen LogP contribution in [0.4, 0.5) is 14.5 Å². The number of benzene rings is 2. The number of rotatable bonds is 4. The predicted octanol–water partition coefficient (Wildman–Crippen LogP) is 4.44. The van der Waals surface area contributed by atoms with Gasteiger partial charge in [-0.25, -0.2) is 27.2 Å². The van der Waals surface area contributed by atoms with Crippen molar-refractivity contribution in [2.24, 2.45) is 0 Å². The van der Waals surface area contributed by atoms with E-state index in [1.54, 1.807) is 36.5 Å². The zero-order valence-corrected chi connectivity index (χ0v) is 15.2. The summed E-state index contributed by atoms with van der Waals surface area (Å²) in [4.78, 5) is 8.92. The van der Waals surface area contributed by atoms with E-state index in [-0.39, 0.29) is 5.69 Å². The average molecular weight is 403 g/mol. The summed E-state index contributed by atoms with van der Waals surface area (Å²) in [5.74, 6) is -2.00. The summed E-state index contributed by atoms with van der Waals surface area (Å²) in [7, 11) is -4.17. The second kappa shape index (κ2) is 6.67. The number of halogens is 2. The largest absolute Gasteiger partial charge is 0.280 e. The SMILES string of the molecule is O=S(=O)(Nc1ccc(-c2nc3cccnc3s2)cc1)c1ccc(F)cc1F. The third-order valence-electron chi connectivity index (χ3n) is 3.73. The van der Waals surface area contributed by atoms with Crippen molar-refractivity contribution in [1.29, 1.82) is 0 Å². The summed E-state index contributed by atoms with van der Waals surface area (Å²) in [5.41, 5.74) is 1.84. The van der Waals surface area contributed by atoms with E-state index in [2.05, 4.69) is 14.7 Å². The second-order valence-electron chi connectivity index (χ2n) is 5.60. The topological polar surface area (TPSA) is 72.0 Å². The summed E-state index contributed by atoms with van der Waals surface area (Å²) in [6.07, 6.45) is 1.69. The number of nitrogens with zero attached hydrogens (tertiary/aromatic N) is 2. The molecule has 9 heteroatoms. The highest BCUT2D eigenvalue weighted by molar-refractivity contribution is 7.92. The molecule has 0 fully saturated rings. The molecule has 0 aliphatic heterocycles. The minimum Gasteiger partial charge on any atom is -0.280 e. The van der Waals surface area contributed by atoms with Gasteiger partial charge in [-0.3, -0.25) is 4.72 Å². The monoisotopic (exact) mass is 403 g/mol. The molecule has 0 saturated heterocycles. The van der Waals surface area contributed by atoms with Crippen LogP contribution in [-0.4, -0.2) is 18.4 Å². The number of sulfonamides is 1. The fourth-order valence-electron chi connectivity index (χ4n) is 2.48. The molecule has 1 N–H and O–H groups in total. The van der Waals surface area contributed by atoms with Crippen LogP contribution in [0.25, 0.3) is 20.9 Å². The molecule has 5 nitrogen and oxygen atoms in total. The van der Waals surface area contributed by atoms with Crippen molar-refractivity contribution in [3.63, 3.8) is 0 Å². The number of thiazole rings is 1. The van der Waals surface area contributed by atoms with Crippen LogP contribution in [-0.2, 0) is 10.0 Å². The van der Waals surface area contributed by atoms with Crippen LogP contribution in [0.3, 0.4) is 0 Å². The molecule has 2 heterocycles. The van der Waals surface area contributed by atoms with E-state index in [1.165, 1.54) is 11.3 Å². The van der Waals surface area contributed by atoms with Crippen molar-refractivity contribution in [2.45, 2.75) is 4.90 Å². The van der Waals surface area contributed by atoms with Crippen molar-refractivity contribution < 1.29 is 17.2 Å². The van der Waals surface area contributed by atoms with Gasteiger partial charge >= 0.3 is 0 Å². The van der Waals surface area contributed by atoms with Crippen molar-refractivity contribution in [1.82, 2.24) is 9.97 Å². The highest BCUT2D eigenvalue weighted by Gasteiger charge is 2.19. The Morgan fingerprint density at radius 3 is 2.48 bits per heavy atom. The number of hydrogen-bond acceptors (Lipinski definition) is 5. The van der Waals surface area contributed by atoms with Gasteiger partial charge in [-0.1, -0.05) is 11.3 Å². The maximum atomic E-state index is 13.8. The first-order chi connectivity index (χ1) is 12.9. The molecule has 0 amide bonds. The predicted molar refractivity (Wildman–Crippen MR) is 100 cm³/mol. The molecule has 27 heavy (non-hydrogen) atoms. The summed E-state index contributed by atoms with van der Waals surface area (Å²) >= 11 is 1.42. The smallest absolute Gasteiger partial charge is 0.264 e. The van der Waals surface area contributed by atoms with Gasteiger partial charge in [0.25, 0.3) is 10.0 Å². The summed E-state index contributed by atoms with van der Waals surface area (Å²) in [5, 5.41) is 0.752. The first-order valence-corrected chi connectivity index (χ1v) is 10.0. The molecular weight excluding hydrogens is 392 g/mol. The van der Waals surface area contributed by atoms with E-state index >= 15 is 0 Å². The standard InChI is InChI=1S/C18H11F2N3O2S2/c19-12-5-8-16(14(20)10-12)27(24,25)23-13-6-3-11(4-7-13)17-22-15-2-1-9-21-18(15)26-17/h1-10,23H. The van der Waals surface area contributed by atoms with Gasteiger partial charge in [0.2, 0.25) is 0 Å². The van der Waals surface area contributed by atoms with Gasteiger partial charge in [-0.15, -0.1) is 0 Å². The number of nitrogens with one attached hydrogen (secondary N) is 1. The maximum Gasteiger partial charge on any atom is 0.264 e. The van der Waals surface area contributed by atoms with Gasteiger partial charge in [0, 0.05) is 23.5 Å². The van der Waals surface area contributed by atoms with Gasteiger partial charge in [-0.05, 0) is 48.5 Å². The Kier molecular flexibility index (Phi) is 4.33. The Balaban J connectivity index is 1.60. The number of aromatic nitrogens is 2.